The Balaban J connectivity index is 1.53. The Morgan fingerprint density at radius 3 is 3.07 bits per heavy atom. The van der Waals surface area contributed by atoms with Gasteiger partial charge in [0, 0.05) is 19.8 Å². The highest BCUT2D eigenvalue weighted by Crippen LogP contribution is 2.49. The predicted molar refractivity (Wildman–Crippen MR) is 57.8 cm³/mol. The summed E-state index contributed by atoms with van der Waals surface area (Å²) in [5, 5.41) is 8.61. The van der Waals surface area contributed by atoms with Crippen LogP contribution in [0.1, 0.15) is 39.0 Å². The molecule has 3 atom stereocenters. The Kier molecular flexibility index (Phi) is 3.65. The Bertz CT molecular complexity index is 207. The fourth-order valence-corrected chi connectivity index (χ4v) is 2.44. The van der Waals surface area contributed by atoms with Crippen molar-refractivity contribution in [3.63, 3.8) is 0 Å². The summed E-state index contributed by atoms with van der Waals surface area (Å²) in [4.78, 5) is 0. The number of hydrogen-bond acceptors (Lipinski definition) is 3. The minimum absolute atomic E-state index is 0.230. The molecule has 1 aliphatic carbocycles. The Hall–Kier alpha value is -0.120. The summed E-state index contributed by atoms with van der Waals surface area (Å²) >= 11 is 0. The van der Waals surface area contributed by atoms with Crippen LogP contribution in [0.5, 0.6) is 0 Å². The summed E-state index contributed by atoms with van der Waals surface area (Å²) in [7, 11) is 0. The molecule has 0 bridgehead atoms. The van der Waals surface area contributed by atoms with Gasteiger partial charge in [-0.2, -0.15) is 0 Å². The molecule has 15 heavy (non-hydrogen) atoms. The van der Waals surface area contributed by atoms with Crippen molar-refractivity contribution in [3.05, 3.63) is 0 Å². The van der Waals surface area contributed by atoms with E-state index in [0.717, 1.165) is 26.1 Å². The molecule has 1 aliphatic heterocycles. The van der Waals surface area contributed by atoms with Gasteiger partial charge >= 0.3 is 0 Å². The molecule has 2 fully saturated rings. The van der Waals surface area contributed by atoms with Crippen LogP contribution in [-0.2, 0) is 9.47 Å². The summed E-state index contributed by atoms with van der Waals surface area (Å²) in [6, 6.07) is 0. The number of epoxide rings is 1. The van der Waals surface area contributed by atoms with Crippen molar-refractivity contribution >= 4 is 0 Å². The van der Waals surface area contributed by atoms with Crippen molar-refractivity contribution < 1.29 is 14.6 Å². The normalized spacial score (nSPS) is 38.8. The number of unbranched alkanes of at least 4 members (excludes halogenated alkanes) is 1. The maximum Gasteiger partial charge on any atom is 0.0920 e. The highest BCUT2D eigenvalue weighted by atomic mass is 16.6. The van der Waals surface area contributed by atoms with E-state index in [2.05, 4.69) is 6.92 Å². The maximum absolute atomic E-state index is 8.61. The van der Waals surface area contributed by atoms with Crippen molar-refractivity contribution in [1.29, 1.82) is 0 Å². The minimum atomic E-state index is 0.230. The van der Waals surface area contributed by atoms with Crippen LogP contribution in [-0.4, -0.2) is 36.6 Å². The van der Waals surface area contributed by atoms with Gasteiger partial charge in [0.2, 0.25) is 0 Å². The van der Waals surface area contributed by atoms with E-state index in [0.29, 0.717) is 12.0 Å². The smallest absolute Gasteiger partial charge is 0.0920 e. The zero-order valence-electron chi connectivity index (χ0n) is 9.58. The molecular formula is C12H22O3. The molecule has 0 amide bonds. The summed E-state index contributed by atoms with van der Waals surface area (Å²) < 4.78 is 11.3. The second-order valence-corrected chi connectivity index (χ2v) is 5.07. The minimum Gasteiger partial charge on any atom is -0.396 e. The van der Waals surface area contributed by atoms with E-state index in [1.165, 1.54) is 19.3 Å². The second kappa shape index (κ2) is 4.81. The maximum atomic E-state index is 8.61. The lowest BCUT2D eigenvalue weighted by Crippen LogP contribution is -2.24. The third kappa shape index (κ3) is 2.92. The van der Waals surface area contributed by atoms with Crippen molar-refractivity contribution in [1.82, 2.24) is 0 Å². The molecule has 0 spiro atoms. The van der Waals surface area contributed by atoms with Crippen LogP contribution < -0.4 is 0 Å². The van der Waals surface area contributed by atoms with Crippen LogP contribution in [0.2, 0.25) is 0 Å². The zero-order chi connectivity index (χ0) is 10.7. The molecule has 0 radical (unpaired) electrons. The first-order valence-corrected chi connectivity index (χ1v) is 6.11. The van der Waals surface area contributed by atoms with Gasteiger partial charge in [0.05, 0.1) is 11.7 Å². The molecule has 1 saturated heterocycles. The van der Waals surface area contributed by atoms with Crippen molar-refractivity contribution in [3.8, 4) is 0 Å². The van der Waals surface area contributed by atoms with E-state index < -0.39 is 0 Å². The quantitative estimate of drug-likeness (QED) is 0.541. The Morgan fingerprint density at radius 1 is 1.47 bits per heavy atom. The first-order valence-electron chi connectivity index (χ1n) is 6.11. The number of hydrogen-bond donors (Lipinski definition) is 1. The lowest BCUT2D eigenvalue weighted by atomic mass is 9.83. The number of ether oxygens (including phenoxy) is 2. The third-order valence-corrected chi connectivity index (χ3v) is 3.68. The fourth-order valence-electron chi connectivity index (χ4n) is 2.44. The van der Waals surface area contributed by atoms with E-state index >= 15 is 0 Å². The van der Waals surface area contributed by atoms with Gasteiger partial charge in [0.25, 0.3) is 0 Å². The summed E-state index contributed by atoms with van der Waals surface area (Å²) in [6.07, 6.45) is 5.96. The standard InChI is InChI=1S/C12H22O3/c1-12-5-4-10(8-11(12)15-12)9-14-7-3-2-6-13/h10-11,13H,2-9H2,1H3. The van der Waals surface area contributed by atoms with Gasteiger partial charge in [-0.25, -0.2) is 0 Å². The molecule has 1 heterocycles. The summed E-state index contributed by atoms with van der Waals surface area (Å²) in [6.45, 7) is 4.16. The average Bonchev–Trinajstić information content (AvgIpc) is 2.89. The molecule has 2 rings (SSSR count). The number of aliphatic hydroxyl groups excluding tert-OH is 1. The van der Waals surface area contributed by atoms with Gasteiger partial charge in [-0.05, 0) is 44.9 Å². The van der Waals surface area contributed by atoms with Crippen LogP contribution in [0, 0.1) is 5.92 Å². The number of fused-ring (bicyclic) bond motifs is 1. The van der Waals surface area contributed by atoms with Gasteiger partial charge in [-0.1, -0.05) is 0 Å². The lowest BCUT2D eigenvalue weighted by Gasteiger charge is -2.22. The lowest BCUT2D eigenvalue weighted by molar-refractivity contribution is 0.0809. The first kappa shape index (κ1) is 11.4. The van der Waals surface area contributed by atoms with E-state index in [-0.39, 0.29) is 12.2 Å². The highest BCUT2D eigenvalue weighted by Gasteiger charge is 2.55. The molecule has 1 N–H and O–H groups in total. The molecule has 0 aromatic rings. The monoisotopic (exact) mass is 214 g/mol. The molecule has 3 unspecified atom stereocenters. The van der Waals surface area contributed by atoms with Crippen LogP contribution in [0.15, 0.2) is 0 Å². The molecule has 88 valence electrons. The van der Waals surface area contributed by atoms with Crippen LogP contribution in [0.3, 0.4) is 0 Å². The third-order valence-electron chi connectivity index (χ3n) is 3.68. The topological polar surface area (TPSA) is 42.0 Å². The van der Waals surface area contributed by atoms with E-state index in [9.17, 15) is 0 Å². The van der Waals surface area contributed by atoms with Crippen molar-refractivity contribution in [2.45, 2.75) is 50.7 Å². The SMILES string of the molecule is CC12CCC(COCCCCO)CC1O2. The number of rotatable bonds is 6. The molecule has 3 nitrogen and oxygen atoms in total. The van der Waals surface area contributed by atoms with Crippen LogP contribution >= 0.6 is 0 Å². The molecule has 0 aromatic carbocycles. The van der Waals surface area contributed by atoms with Gasteiger partial charge in [0.1, 0.15) is 0 Å². The van der Waals surface area contributed by atoms with Crippen molar-refractivity contribution in [2.24, 2.45) is 5.92 Å². The highest BCUT2D eigenvalue weighted by molar-refractivity contribution is 5.03. The fraction of sp³-hybridized carbons (Fsp3) is 1.00. The van der Waals surface area contributed by atoms with E-state index in [1.807, 2.05) is 0 Å². The van der Waals surface area contributed by atoms with Gasteiger partial charge in [-0.3, -0.25) is 0 Å². The van der Waals surface area contributed by atoms with Crippen LogP contribution in [0.4, 0.5) is 0 Å². The average molecular weight is 214 g/mol. The zero-order valence-corrected chi connectivity index (χ0v) is 9.58. The van der Waals surface area contributed by atoms with Gasteiger partial charge in [-0.15, -0.1) is 0 Å². The largest absolute Gasteiger partial charge is 0.396 e. The molecule has 3 heteroatoms. The van der Waals surface area contributed by atoms with Crippen LogP contribution in [0.25, 0.3) is 0 Å². The second-order valence-electron chi connectivity index (χ2n) is 5.07. The Labute approximate surface area is 91.8 Å². The molecular weight excluding hydrogens is 192 g/mol. The van der Waals surface area contributed by atoms with E-state index in [1.54, 1.807) is 0 Å². The Morgan fingerprint density at radius 2 is 2.33 bits per heavy atom. The van der Waals surface area contributed by atoms with E-state index in [4.69, 9.17) is 14.6 Å². The molecule has 0 aromatic heterocycles. The van der Waals surface area contributed by atoms with Gasteiger partial charge in [0.15, 0.2) is 0 Å². The summed E-state index contributed by atoms with van der Waals surface area (Å²) in [5.74, 6) is 0.694. The van der Waals surface area contributed by atoms with Crippen molar-refractivity contribution in [2.75, 3.05) is 19.8 Å². The first-order chi connectivity index (χ1) is 7.24. The molecule has 1 saturated carbocycles. The predicted octanol–water partition coefficient (Wildman–Crippen LogP) is 1.73. The van der Waals surface area contributed by atoms with Gasteiger partial charge < -0.3 is 14.6 Å². The molecule has 2 aliphatic rings. The summed E-state index contributed by atoms with van der Waals surface area (Å²) in [5.41, 5.74) is 0.230. The number of aliphatic hydroxyl groups is 1.